The molecule has 1 amide bonds. The number of aldehydes is 1. The van der Waals surface area contributed by atoms with Crippen molar-refractivity contribution in [1.29, 1.82) is 0 Å². The van der Waals surface area contributed by atoms with Gasteiger partial charge in [-0.1, -0.05) is 30.3 Å². The number of alkyl carbamates (subject to hydrolysis) is 1. The van der Waals surface area contributed by atoms with Crippen molar-refractivity contribution in [3.8, 4) is 0 Å². The summed E-state index contributed by atoms with van der Waals surface area (Å²) in [5.74, 6) is 0. The molecule has 0 unspecified atom stereocenters. The minimum Gasteiger partial charge on any atom is -0.445 e. The first-order chi connectivity index (χ1) is 10.2. The van der Waals surface area contributed by atoms with Gasteiger partial charge in [-0.2, -0.15) is 0 Å². The summed E-state index contributed by atoms with van der Waals surface area (Å²) in [4.78, 5) is 23.8. The van der Waals surface area contributed by atoms with Crippen LogP contribution in [-0.4, -0.2) is 18.4 Å². The highest BCUT2D eigenvalue weighted by molar-refractivity contribution is 7.10. The molecule has 0 saturated carbocycles. The van der Waals surface area contributed by atoms with Crippen LogP contribution in [0.15, 0.2) is 41.8 Å². The number of amides is 1. The molecule has 1 atom stereocenters. The fourth-order valence-electron chi connectivity index (χ4n) is 1.86. The molecule has 0 saturated heterocycles. The van der Waals surface area contributed by atoms with E-state index in [0.717, 1.165) is 22.3 Å². The van der Waals surface area contributed by atoms with Crippen LogP contribution in [0.5, 0.6) is 0 Å². The number of ether oxygens (including phenoxy) is 1. The summed E-state index contributed by atoms with van der Waals surface area (Å²) in [7, 11) is 0. The predicted octanol–water partition coefficient (Wildman–Crippen LogP) is 3.09. The highest BCUT2D eigenvalue weighted by Gasteiger charge is 2.14. The monoisotopic (exact) mass is 303 g/mol. The van der Waals surface area contributed by atoms with E-state index >= 15 is 0 Å². The molecule has 2 aromatic rings. The van der Waals surface area contributed by atoms with E-state index in [0.29, 0.717) is 6.42 Å². The zero-order chi connectivity index (χ0) is 15.1. The van der Waals surface area contributed by atoms with Crippen LogP contribution in [-0.2, 0) is 22.6 Å². The molecule has 0 bridgehead atoms. The van der Waals surface area contributed by atoms with Gasteiger partial charge in [-0.3, -0.25) is 0 Å². The Hall–Kier alpha value is -2.14. The number of carbonyl (C=O) groups excluding carboxylic acids is 2. The third-order valence-electron chi connectivity index (χ3n) is 2.89. The zero-order valence-electron chi connectivity index (χ0n) is 11.7. The lowest BCUT2D eigenvalue weighted by Gasteiger charge is -2.12. The SMILES string of the molecule is Cc1csc(C[C@H](C=O)NC(=O)OCc2ccccc2)c1. The van der Waals surface area contributed by atoms with Gasteiger partial charge in [0.1, 0.15) is 12.9 Å². The third-order valence-corrected chi connectivity index (χ3v) is 3.96. The number of aryl methyl sites for hydroxylation is 1. The molecule has 5 heteroatoms. The van der Waals surface area contributed by atoms with E-state index < -0.39 is 12.1 Å². The molecule has 0 aliphatic carbocycles. The minimum absolute atomic E-state index is 0.191. The molecule has 0 radical (unpaired) electrons. The summed E-state index contributed by atoms with van der Waals surface area (Å²) >= 11 is 1.58. The highest BCUT2D eigenvalue weighted by Crippen LogP contribution is 2.15. The first kappa shape index (κ1) is 15.3. The zero-order valence-corrected chi connectivity index (χ0v) is 12.6. The molecular formula is C16H17NO3S. The first-order valence-electron chi connectivity index (χ1n) is 6.64. The second kappa shape index (κ2) is 7.59. The second-order valence-electron chi connectivity index (χ2n) is 4.74. The van der Waals surface area contributed by atoms with Crippen LogP contribution in [0.2, 0.25) is 0 Å². The van der Waals surface area contributed by atoms with Crippen LogP contribution < -0.4 is 5.32 Å². The number of hydrogen-bond acceptors (Lipinski definition) is 4. The maximum atomic E-state index is 11.7. The Labute approximate surface area is 127 Å². The molecule has 1 aromatic carbocycles. The molecule has 110 valence electrons. The number of benzene rings is 1. The topological polar surface area (TPSA) is 55.4 Å². The summed E-state index contributed by atoms with van der Waals surface area (Å²) in [5, 5.41) is 4.59. The highest BCUT2D eigenvalue weighted by atomic mass is 32.1. The van der Waals surface area contributed by atoms with Gasteiger partial charge < -0.3 is 14.8 Å². The summed E-state index contributed by atoms with van der Waals surface area (Å²) in [5.41, 5.74) is 2.07. The molecule has 4 nitrogen and oxygen atoms in total. The standard InChI is InChI=1S/C16H17NO3S/c1-12-7-15(21-11-12)8-14(9-18)17-16(19)20-10-13-5-3-2-4-6-13/h2-7,9,11,14H,8,10H2,1H3,(H,17,19)/t14-/m1/s1. The second-order valence-corrected chi connectivity index (χ2v) is 5.74. The molecule has 1 heterocycles. The van der Waals surface area contributed by atoms with Gasteiger partial charge in [-0.15, -0.1) is 11.3 Å². The Morgan fingerprint density at radius 2 is 2.14 bits per heavy atom. The Balaban J connectivity index is 1.81. The van der Waals surface area contributed by atoms with Crippen molar-refractivity contribution in [1.82, 2.24) is 5.32 Å². The Bertz CT molecular complexity index is 595. The van der Waals surface area contributed by atoms with Gasteiger partial charge in [0, 0.05) is 11.3 Å². The van der Waals surface area contributed by atoms with Gasteiger partial charge in [0.2, 0.25) is 0 Å². The van der Waals surface area contributed by atoms with Gasteiger partial charge in [0.15, 0.2) is 0 Å². The van der Waals surface area contributed by atoms with E-state index in [-0.39, 0.29) is 6.61 Å². The Morgan fingerprint density at radius 1 is 1.38 bits per heavy atom. The number of thiophene rings is 1. The summed E-state index contributed by atoms with van der Waals surface area (Å²) in [6.07, 6.45) is 0.644. The predicted molar refractivity (Wildman–Crippen MR) is 82.4 cm³/mol. The van der Waals surface area contributed by atoms with Crippen molar-refractivity contribution in [2.75, 3.05) is 0 Å². The average molecular weight is 303 g/mol. The number of nitrogens with one attached hydrogen (secondary N) is 1. The van der Waals surface area contributed by atoms with Crippen molar-refractivity contribution in [3.63, 3.8) is 0 Å². The van der Waals surface area contributed by atoms with Crippen molar-refractivity contribution in [2.24, 2.45) is 0 Å². The van der Waals surface area contributed by atoms with Crippen molar-refractivity contribution in [3.05, 3.63) is 57.8 Å². The largest absolute Gasteiger partial charge is 0.445 e. The van der Waals surface area contributed by atoms with Crippen molar-refractivity contribution >= 4 is 23.7 Å². The van der Waals surface area contributed by atoms with Gasteiger partial charge in [-0.05, 0) is 29.5 Å². The lowest BCUT2D eigenvalue weighted by molar-refractivity contribution is -0.109. The molecule has 21 heavy (non-hydrogen) atoms. The van der Waals surface area contributed by atoms with Crippen LogP contribution in [0, 0.1) is 6.92 Å². The quantitative estimate of drug-likeness (QED) is 0.834. The van der Waals surface area contributed by atoms with E-state index in [9.17, 15) is 9.59 Å². The van der Waals surface area contributed by atoms with E-state index in [1.807, 2.05) is 48.7 Å². The molecule has 1 N–H and O–H groups in total. The maximum absolute atomic E-state index is 11.7. The van der Waals surface area contributed by atoms with Gasteiger partial charge >= 0.3 is 6.09 Å². The Kier molecular flexibility index (Phi) is 5.51. The normalized spacial score (nSPS) is 11.7. The smallest absolute Gasteiger partial charge is 0.408 e. The number of rotatable bonds is 6. The fourth-order valence-corrected chi connectivity index (χ4v) is 2.80. The van der Waals surface area contributed by atoms with Crippen LogP contribution in [0.25, 0.3) is 0 Å². The Morgan fingerprint density at radius 3 is 2.76 bits per heavy atom. The lowest BCUT2D eigenvalue weighted by Crippen LogP contribution is -2.37. The molecule has 0 aliphatic heterocycles. The van der Waals surface area contributed by atoms with Crippen LogP contribution >= 0.6 is 11.3 Å². The number of carbonyl (C=O) groups is 2. The summed E-state index contributed by atoms with van der Waals surface area (Å²) in [6.45, 7) is 2.19. The van der Waals surface area contributed by atoms with Crippen molar-refractivity contribution in [2.45, 2.75) is 26.0 Å². The molecular weight excluding hydrogens is 286 g/mol. The van der Waals surface area contributed by atoms with Gasteiger partial charge in [0.25, 0.3) is 0 Å². The van der Waals surface area contributed by atoms with E-state index in [1.54, 1.807) is 11.3 Å². The summed E-state index contributed by atoms with van der Waals surface area (Å²) in [6, 6.07) is 10.9. The molecule has 2 rings (SSSR count). The van der Waals surface area contributed by atoms with E-state index in [1.165, 1.54) is 0 Å². The molecule has 0 aliphatic rings. The fraction of sp³-hybridized carbons (Fsp3) is 0.250. The average Bonchev–Trinajstić information content (AvgIpc) is 2.90. The van der Waals surface area contributed by atoms with Gasteiger partial charge in [-0.25, -0.2) is 4.79 Å². The van der Waals surface area contributed by atoms with Crippen LogP contribution in [0.3, 0.4) is 0 Å². The third kappa shape index (κ3) is 5.04. The number of hydrogen-bond donors (Lipinski definition) is 1. The maximum Gasteiger partial charge on any atom is 0.408 e. The van der Waals surface area contributed by atoms with Crippen molar-refractivity contribution < 1.29 is 14.3 Å². The van der Waals surface area contributed by atoms with Crippen LogP contribution in [0.4, 0.5) is 4.79 Å². The molecule has 0 fully saturated rings. The van der Waals surface area contributed by atoms with Gasteiger partial charge in [0.05, 0.1) is 6.04 Å². The molecule has 1 aromatic heterocycles. The lowest BCUT2D eigenvalue weighted by atomic mass is 10.2. The molecule has 0 spiro atoms. The van der Waals surface area contributed by atoms with Crippen LogP contribution in [0.1, 0.15) is 16.0 Å². The minimum atomic E-state index is -0.579. The van der Waals surface area contributed by atoms with E-state index in [2.05, 4.69) is 5.32 Å². The first-order valence-corrected chi connectivity index (χ1v) is 7.52. The van der Waals surface area contributed by atoms with E-state index in [4.69, 9.17) is 4.74 Å². The summed E-state index contributed by atoms with van der Waals surface area (Å²) < 4.78 is 5.10.